The molecule has 0 aliphatic rings. The number of hydrogen-bond donors (Lipinski definition) is 1. The summed E-state index contributed by atoms with van der Waals surface area (Å²) in [5.74, 6) is 3.09. The summed E-state index contributed by atoms with van der Waals surface area (Å²) in [6.07, 6.45) is 0. The van der Waals surface area contributed by atoms with Gasteiger partial charge in [0.2, 0.25) is 5.88 Å². The molecule has 2 aromatic heterocycles. The molecule has 0 radical (unpaired) electrons. The van der Waals surface area contributed by atoms with E-state index in [9.17, 15) is 0 Å². The van der Waals surface area contributed by atoms with Gasteiger partial charge >= 0.3 is 0 Å². The highest BCUT2D eigenvalue weighted by Crippen LogP contribution is 2.28. The number of ether oxygens (including phenoxy) is 1. The van der Waals surface area contributed by atoms with Gasteiger partial charge in [0.05, 0.1) is 5.69 Å². The molecule has 0 amide bonds. The van der Waals surface area contributed by atoms with Crippen LogP contribution >= 0.6 is 0 Å². The van der Waals surface area contributed by atoms with Crippen LogP contribution in [0, 0.1) is 13.8 Å². The second-order valence-corrected chi connectivity index (χ2v) is 5.36. The summed E-state index contributed by atoms with van der Waals surface area (Å²) in [7, 11) is 1.90. The van der Waals surface area contributed by atoms with Crippen LogP contribution in [0.3, 0.4) is 0 Å². The minimum Gasteiger partial charge on any atom is -0.435 e. The fourth-order valence-electron chi connectivity index (χ4n) is 2.03. The molecule has 6 heteroatoms. The van der Waals surface area contributed by atoms with Gasteiger partial charge in [-0.05, 0) is 20.8 Å². The third kappa shape index (κ3) is 3.32. The summed E-state index contributed by atoms with van der Waals surface area (Å²) in [6.45, 7) is 10.9. The molecule has 2 rings (SSSR count). The number of hydrogen-bond acceptors (Lipinski definition) is 5. The topological polar surface area (TPSA) is 64.9 Å². The molecule has 21 heavy (non-hydrogen) atoms. The van der Waals surface area contributed by atoms with Crippen LogP contribution in [0.1, 0.15) is 43.9 Å². The molecule has 114 valence electrons. The second kappa shape index (κ2) is 6.11. The Kier molecular flexibility index (Phi) is 4.45. The zero-order valence-corrected chi connectivity index (χ0v) is 13.6. The highest BCUT2D eigenvalue weighted by Gasteiger charge is 2.15. The molecule has 0 aliphatic heterocycles. The van der Waals surface area contributed by atoms with Crippen LogP contribution in [-0.2, 0) is 7.05 Å². The third-order valence-electron chi connectivity index (χ3n) is 3.24. The van der Waals surface area contributed by atoms with Crippen molar-refractivity contribution in [3.05, 3.63) is 23.3 Å². The zero-order valence-electron chi connectivity index (χ0n) is 13.6. The Bertz CT molecular complexity index is 633. The minimum absolute atomic E-state index is 0.238. The molecule has 0 aliphatic carbocycles. The van der Waals surface area contributed by atoms with Crippen molar-refractivity contribution in [1.29, 1.82) is 0 Å². The molecule has 0 aromatic carbocycles. The SMILES string of the molecule is CCNc1cc(Oc2c(C)nn(C)c2C)nc(C(C)C)n1. The Morgan fingerprint density at radius 1 is 1.29 bits per heavy atom. The summed E-state index contributed by atoms with van der Waals surface area (Å²) in [5, 5.41) is 7.57. The molecule has 2 heterocycles. The zero-order chi connectivity index (χ0) is 15.6. The van der Waals surface area contributed by atoms with Crippen LogP contribution in [-0.4, -0.2) is 26.3 Å². The van der Waals surface area contributed by atoms with E-state index in [0.29, 0.717) is 5.88 Å². The highest BCUT2D eigenvalue weighted by molar-refractivity contribution is 5.42. The summed E-state index contributed by atoms with van der Waals surface area (Å²) >= 11 is 0. The highest BCUT2D eigenvalue weighted by atomic mass is 16.5. The minimum atomic E-state index is 0.238. The molecule has 0 bridgehead atoms. The first-order valence-corrected chi connectivity index (χ1v) is 7.23. The maximum atomic E-state index is 5.96. The van der Waals surface area contributed by atoms with Crippen molar-refractivity contribution in [3.63, 3.8) is 0 Å². The Hall–Kier alpha value is -2.11. The molecular weight excluding hydrogens is 266 g/mol. The van der Waals surface area contributed by atoms with Crippen molar-refractivity contribution in [1.82, 2.24) is 19.7 Å². The summed E-state index contributed by atoms with van der Waals surface area (Å²) < 4.78 is 7.77. The standard InChI is InChI=1S/C15H23N5O/c1-7-16-12-8-13(18-15(17-12)9(2)3)21-14-10(4)19-20(6)11(14)5/h8-9H,7H2,1-6H3,(H,16,17,18). The smallest absolute Gasteiger partial charge is 0.224 e. The predicted octanol–water partition coefficient (Wildman–Crippen LogP) is 3.17. The monoisotopic (exact) mass is 289 g/mol. The third-order valence-corrected chi connectivity index (χ3v) is 3.24. The molecule has 0 spiro atoms. The second-order valence-electron chi connectivity index (χ2n) is 5.36. The lowest BCUT2D eigenvalue weighted by molar-refractivity contribution is 0.450. The van der Waals surface area contributed by atoms with Gasteiger partial charge in [0.25, 0.3) is 0 Å². The summed E-state index contributed by atoms with van der Waals surface area (Å²) in [5.41, 5.74) is 1.83. The maximum Gasteiger partial charge on any atom is 0.224 e. The van der Waals surface area contributed by atoms with E-state index in [0.717, 1.165) is 35.3 Å². The number of nitrogens with one attached hydrogen (secondary N) is 1. The van der Waals surface area contributed by atoms with E-state index in [1.165, 1.54) is 0 Å². The van der Waals surface area contributed by atoms with E-state index in [1.807, 2.05) is 33.9 Å². The molecule has 0 saturated carbocycles. The van der Waals surface area contributed by atoms with Crippen LogP contribution in [0.2, 0.25) is 0 Å². The molecule has 0 unspecified atom stereocenters. The largest absolute Gasteiger partial charge is 0.435 e. The lowest BCUT2D eigenvalue weighted by Gasteiger charge is -2.11. The summed E-state index contributed by atoms with van der Waals surface area (Å²) in [4.78, 5) is 8.98. The lowest BCUT2D eigenvalue weighted by Crippen LogP contribution is -2.06. The maximum absolute atomic E-state index is 5.96. The Labute approximate surface area is 125 Å². The first-order valence-electron chi connectivity index (χ1n) is 7.23. The van der Waals surface area contributed by atoms with Crippen molar-refractivity contribution in [2.45, 2.75) is 40.5 Å². The summed E-state index contributed by atoms with van der Waals surface area (Å²) in [6, 6.07) is 1.82. The molecule has 2 aromatic rings. The van der Waals surface area contributed by atoms with Crippen molar-refractivity contribution < 1.29 is 4.74 Å². The van der Waals surface area contributed by atoms with Gasteiger partial charge in [-0.3, -0.25) is 4.68 Å². The number of rotatable bonds is 5. The van der Waals surface area contributed by atoms with Crippen molar-refractivity contribution in [2.24, 2.45) is 7.05 Å². The van der Waals surface area contributed by atoms with E-state index >= 15 is 0 Å². The van der Waals surface area contributed by atoms with E-state index in [4.69, 9.17) is 4.74 Å². The Morgan fingerprint density at radius 2 is 2.00 bits per heavy atom. The van der Waals surface area contributed by atoms with E-state index in [-0.39, 0.29) is 5.92 Å². The van der Waals surface area contributed by atoms with Crippen LogP contribution in [0.15, 0.2) is 6.07 Å². The van der Waals surface area contributed by atoms with Crippen LogP contribution in [0.4, 0.5) is 5.82 Å². The van der Waals surface area contributed by atoms with Crippen molar-refractivity contribution >= 4 is 5.82 Å². The van der Waals surface area contributed by atoms with Crippen molar-refractivity contribution in [3.8, 4) is 11.6 Å². The molecule has 0 saturated heterocycles. The van der Waals surface area contributed by atoms with Gasteiger partial charge in [0, 0.05) is 25.6 Å². The number of nitrogens with zero attached hydrogens (tertiary/aromatic N) is 4. The average molecular weight is 289 g/mol. The Morgan fingerprint density at radius 3 is 2.52 bits per heavy atom. The van der Waals surface area contributed by atoms with Gasteiger partial charge in [-0.25, -0.2) is 4.98 Å². The number of aryl methyl sites for hydroxylation is 2. The molecule has 0 atom stereocenters. The molecule has 1 N–H and O–H groups in total. The first kappa shape index (κ1) is 15.3. The van der Waals surface area contributed by atoms with Gasteiger partial charge in [-0.15, -0.1) is 0 Å². The number of aromatic nitrogens is 4. The van der Waals surface area contributed by atoms with E-state index < -0.39 is 0 Å². The van der Waals surface area contributed by atoms with Crippen LogP contribution < -0.4 is 10.1 Å². The van der Waals surface area contributed by atoms with Gasteiger partial charge in [-0.1, -0.05) is 13.8 Å². The Balaban J connectivity index is 2.38. The number of anilines is 1. The average Bonchev–Trinajstić information content (AvgIpc) is 2.65. The fourth-order valence-corrected chi connectivity index (χ4v) is 2.03. The van der Waals surface area contributed by atoms with Gasteiger partial charge in [0.1, 0.15) is 17.3 Å². The van der Waals surface area contributed by atoms with Gasteiger partial charge in [-0.2, -0.15) is 10.1 Å². The van der Waals surface area contributed by atoms with Crippen LogP contribution in [0.25, 0.3) is 0 Å². The normalized spacial score (nSPS) is 11.0. The lowest BCUT2D eigenvalue weighted by atomic mass is 10.2. The van der Waals surface area contributed by atoms with E-state index in [1.54, 1.807) is 4.68 Å². The molecule has 0 fully saturated rings. The van der Waals surface area contributed by atoms with E-state index in [2.05, 4.69) is 34.2 Å². The van der Waals surface area contributed by atoms with Crippen LogP contribution in [0.5, 0.6) is 11.6 Å². The fraction of sp³-hybridized carbons (Fsp3) is 0.533. The molecule has 6 nitrogen and oxygen atoms in total. The van der Waals surface area contributed by atoms with Gasteiger partial charge < -0.3 is 10.1 Å². The quantitative estimate of drug-likeness (QED) is 0.915. The van der Waals surface area contributed by atoms with Gasteiger partial charge in [0.15, 0.2) is 5.75 Å². The molecular formula is C15H23N5O. The first-order chi connectivity index (χ1) is 9.92. The van der Waals surface area contributed by atoms with Crippen molar-refractivity contribution in [2.75, 3.05) is 11.9 Å². The predicted molar refractivity (Wildman–Crippen MR) is 83.0 cm³/mol.